The Kier molecular flexibility index (Phi) is 3.73. The summed E-state index contributed by atoms with van der Waals surface area (Å²) in [5.41, 5.74) is 0.527. The molecule has 1 aromatic carbocycles. The van der Waals surface area contributed by atoms with Crippen molar-refractivity contribution in [2.24, 2.45) is 0 Å². The number of ketones is 1. The smallest absolute Gasteiger partial charge is 0.188 e. The van der Waals surface area contributed by atoms with E-state index in [9.17, 15) is 4.79 Å². The fraction of sp³-hybridized carbons (Fsp3) is 0.182. The molecule has 0 unspecified atom stereocenters. The van der Waals surface area contributed by atoms with Crippen LogP contribution in [0.3, 0.4) is 0 Å². The molecular formula is C11H12O3. The van der Waals surface area contributed by atoms with E-state index in [0.717, 1.165) is 18.1 Å². The van der Waals surface area contributed by atoms with Gasteiger partial charge >= 0.3 is 0 Å². The zero-order valence-electron chi connectivity index (χ0n) is 7.93. The van der Waals surface area contributed by atoms with Gasteiger partial charge in [0.2, 0.25) is 0 Å². The number of allylic oxidation sites excluding steroid dienone is 1. The summed E-state index contributed by atoms with van der Waals surface area (Å²) in [6, 6.07) is 6.77. The molecule has 0 radical (unpaired) electrons. The predicted molar refractivity (Wildman–Crippen MR) is 53.7 cm³/mol. The number of ether oxygens (including phenoxy) is 1. The molecule has 0 atom stereocenters. The summed E-state index contributed by atoms with van der Waals surface area (Å²) in [6.07, 6.45) is 1.84. The van der Waals surface area contributed by atoms with Gasteiger partial charge in [-0.2, -0.15) is 0 Å². The Balaban J connectivity index is 2.77. The molecule has 14 heavy (non-hydrogen) atoms. The summed E-state index contributed by atoms with van der Waals surface area (Å²) in [7, 11) is 0. The van der Waals surface area contributed by atoms with Gasteiger partial charge in [-0.1, -0.05) is 0 Å². The van der Waals surface area contributed by atoms with Crippen molar-refractivity contribution in [3.05, 3.63) is 42.2 Å². The number of aliphatic hydroxyl groups excluding tert-OH is 1. The predicted octanol–water partition coefficient (Wildman–Crippen LogP) is 2.34. The zero-order valence-corrected chi connectivity index (χ0v) is 7.93. The van der Waals surface area contributed by atoms with Gasteiger partial charge in [0.15, 0.2) is 5.78 Å². The first-order chi connectivity index (χ1) is 6.77. The molecule has 1 N–H and O–H groups in total. The first-order valence-electron chi connectivity index (χ1n) is 4.36. The molecular weight excluding hydrogens is 180 g/mol. The summed E-state index contributed by atoms with van der Waals surface area (Å²) in [5.74, 6) is 0.507. The molecule has 0 fully saturated rings. The average molecular weight is 192 g/mol. The third kappa shape index (κ3) is 2.62. The number of hydrogen-bond donors (Lipinski definition) is 1. The molecule has 74 valence electrons. The van der Waals surface area contributed by atoms with Crippen LogP contribution < -0.4 is 4.74 Å². The molecule has 0 amide bonds. The Bertz CT molecular complexity index is 325. The summed E-state index contributed by atoms with van der Waals surface area (Å²) < 4.78 is 5.22. The highest BCUT2D eigenvalue weighted by Crippen LogP contribution is 2.12. The van der Waals surface area contributed by atoms with E-state index in [1.54, 1.807) is 24.3 Å². The first-order valence-corrected chi connectivity index (χ1v) is 4.36. The quantitative estimate of drug-likeness (QED) is 0.452. The van der Waals surface area contributed by atoms with Crippen LogP contribution in [0.4, 0.5) is 0 Å². The number of rotatable bonds is 4. The van der Waals surface area contributed by atoms with Gasteiger partial charge in [0.05, 0.1) is 12.9 Å². The minimum Gasteiger partial charge on any atom is -0.515 e. The summed E-state index contributed by atoms with van der Waals surface area (Å²) in [6.45, 7) is 2.50. The second-order valence-electron chi connectivity index (χ2n) is 2.64. The molecule has 1 aromatic rings. The van der Waals surface area contributed by atoms with Gasteiger partial charge in [0.25, 0.3) is 0 Å². The van der Waals surface area contributed by atoms with Crippen LogP contribution in [0.2, 0.25) is 0 Å². The van der Waals surface area contributed by atoms with Crippen LogP contribution in [0, 0.1) is 0 Å². The van der Waals surface area contributed by atoms with Gasteiger partial charge in [-0.25, -0.2) is 0 Å². The third-order valence-electron chi connectivity index (χ3n) is 1.68. The van der Waals surface area contributed by atoms with E-state index in [4.69, 9.17) is 9.84 Å². The molecule has 3 nitrogen and oxygen atoms in total. The Morgan fingerprint density at radius 2 is 2.07 bits per heavy atom. The normalized spacial score (nSPS) is 10.4. The van der Waals surface area contributed by atoms with Gasteiger partial charge in [0.1, 0.15) is 5.75 Å². The maximum Gasteiger partial charge on any atom is 0.188 e. The van der Waals surface area contributed by atoms with Crippen LogP contribution >= 0.6 is 0 Å². The van der Waals surface area contributed by atoms with Gasteiger partial charge in [-0.15, -0.1) is 0 Å². The van der Waals surface area contributed by atoms with E-state index >= 15 is 0 Å². The van der Waals surface area contributed by atoms with Crippen molar-refractivity contribution in [1.82, 2.24) is 0 Å². The Morgan fingerprint density at radius 3 is 2.57 bits per heavy atom. The molecule has 3 heteroatoms. The van der Waals surface area contributed by atoms with Crippen molar-refractivity contribution in [2.45, 2.75) is 6.92 Å². The van der Waals surface area contributed by atoms with Gasteiger partial charge in [0, 0.05) is 11.6 Å². The lowest BCUT2D eigenvalue weighted by molar-refractivity contribution is 0.104. The Labute approximate surface area is 82.6 Å². The number of benzene rings is 1. The van der Waals surface area contributed by atoms with Gasteiger partial charge in [-0.05, 0) is 31.2 Å². The minimum absolute atomic E-state index is 0.226. The molecule has 0 spiro atoms. The standard InChI is InChI=1S/C11H12O3/c1-2-14-10-5-3-9(4-6-10)11(13)7-8-12/h3-8,12H,2H2,1H3. The van der Waals surface area contributed by atoms with Crippen molar-refractivity contribution in [2.75, 3.05) is 6.61 Å². The second kappa shape index (κ2) is 5.07. The van der Waals surface area contributed by atoms with Crippen molar-refractivity contribution < 1.29 is 14.6 Å². The molecule has 1 rings (SSSR count). The summed E-state index contributed by atoms with van der Waals surface area (Å²) in [5, 5.41) is 8.41. The van der Waals surface area contributed by atoms with E-state index in [-0.39, 0.29) is 5.78 Å². The monoisotopic (exact) mass is 192 g/mol. The van der Waals surface area contributed by atoms with Crippen molar-refractivity contribution in [1.29, 1.82) is 0 Å². The van der Waals surface area contributed by atoms with Crippen LogP contribution in [0.5, 0.6) is 5.75 Å². The van der Waals surface area contributed by atoms with Crippen LogP contribution in [-0.4, -0.2) is 17.5 Å². The Hall–Kier alpha value is -1.77. The highest BCUT2D eigenvalue weighted by Gasteiger charge is 2.01. The first kappa shape index (κ1) is 10.3. The lowest BCUT2D eigenvalue weighted by Gasteiger charge is -2.02. The molecule has 0 aromatic heterocycles. The van der Waals surface area contributed by atoms with E-state index < -0.39 is 0 Å². The SMILES string of the molecule is CCOc1ccc(C(=O)C=CO)cc1. The number of hydrogen-bond acceptors (Lipinski definition) is 3. The van der Waals surface area contributed by atoms with Crippen LogP contribution in [0.15, 0.2) is 36.6 Å². The molecule has 0 bridgehead atoms. The van der Waals surface area contributed by atoms with Gasteiger partial charge in [-0.3, -0.25) is 4.79 Å². The molecule has 0 aliphatic rings. The maximum absolute atomic E-state index is 11.2. The molecule has 0 heterocycles. The average Bonchev–Trinajstić information content (AvgIpc) is 2.20. The fourth-order valence-electron chi connectivity index (χ4n) is 1.05. The van der Waals surface area contributed by atoms with Crippen molar-refractivity contribution >= 4 is 5.78 Å². The second-order valence-corrected chi connectivity index (χ2v) is 2.64. The summed E-state index contributed by atoms with van der Waals surface area (Å²) in [4.78, 5) is 11.2. The lowest BCUT2D eigenvalue weighted by atomic mass is 10.1. The molecule has 0 saturated heterocycles. The number of carbonyl (C=O) groups is 1. The van der Waals surface area contributed by atoms with Crippen LogP contribution in [0.25, 0.3) is 0 Å². The topological polar surface area (TPSA) is 46.5 Å². The number of carbonyl (C=O) groups excluding carboxylic acids is 1. The van der Waals surface area contributed by atoms with E-state index in [1.165, 1.54) is 0 Å². The highest BCUT2D eigenvalue weighted by atomic mass is 16.5. The lowest BCUT2D eigenvalue weighted by Crippen LogP contribution is -1.95. The Morgan fingerprint density at radius 1 is 1.43 bits per heavy atom. The minimum atomic E-state index is -0.226. The van der Waals surface area contributed by atoms with Crippen LogP contribution in [0.1, 0.15) is 17.3 Å². The van der Waals surface area contributed by atoms with Crippen molar-refractivity contribution in [3.63, 3.8) is 0 Å². The maximum atomic E-state index is 11.2. The summed E-state index contributed by atoms with van der Waals surface area (Å²) >= 11 is 0. The van der Waals surface area contributed by atoms with E-state index in [1.807, 2.05) is 6.92 Å². The molecule has 0 aliphatic carbocycles. The number of aliphatic hydroxyl groups is 1. The zero-order chi connectivity index (χ0) is 10.4. The van der Waals surface area contributed by atoms with Crippen LogP contribution in [-0.2, 0) is 0 Å². The fourth-order valence-corrected chi connectivity index (χ4v) is 1.05. The molecule has 0 saturated carbocycles. The van der Waals surface area contributed by atoms with Gasteiger partial charge < -0.3 is 9.84 Å². The van der Waals surface area contributed by atoms with E-state index in [2.05, 4.69) is 0 Å². The highest BCUT2D eigenvalue weighted by molar-refractivity contribution is 6.04. The van der Waals surface area contributed by atoms with Crippen molar-refractivity contribution in [3.8, 4) is 5.75 Å². The third-order valence-corrected chi connectivity index (χ3v) is 1.68. The molecule has 0 aliphatic heterocycles. The van der Waals surface area contributed by atoms with E-state index in [0.29, 0.717) is 12.2 Å². The largest absolute Gasteiger partial charge is 0.515 e.